The average molecular weight is 585 g/mol. The summed E-state index contributed by atoms with van der Waals surface area (Å²) in [7, 11) is 0. The molecule has 3 N–H and O–H groups in total. The molecule has 8 nitrogen and oxygen atoms in total. The molecule has 0 aliphatic carbocycles. The van der Waals surface area contributed by atoms with Gasteiger partial charge < -0.3 is 20.4 Å². The van der Waals surface area contributed by atoms with Gasteiger partial charge in [-0.1, -0.05) is 30.3 Å². The summed E-state index contributed by atoms with van der Waals surface area (Å²) < 4.78 is 84.8. The van der Waals surface area contributed by atoms with Crippen LogP contribution in [-0.2, 0) is 36.5 Å². The molecule has 0 bridgehead atoms. The highest BCUT2D eigenvalue weighted by Gasteiger charge is 2.41. The molecule has 41 heavy (non-hydrogen) atoms. The van der Waals surface area contributed by atoms with Crippen LogP contribution in [0.3, 0.4) is 0 Å². The normalized spacial score (nSPS) is 15.8. The number of halogens is 6. The van der Waals surface area contributed by atoms with E-state index in [0.29, 0.717) is 23.4 Å². The van der Waals surface area contributed by atoms with Crippen molar-refractivity contribution in [3.05, 3.63) is 76.6 Å². The molecule has 1 atom stereocenters. The van der Waals surface area contributed by atoms with Crippen LogP contribution >= 0.6 is 0 Å². The van der Waals surface area contributed by atoms with E-state index in [2.05, 4.69) is 5.10 Å². The molecular weight excluding hydrogens is 558 g/mol. The fourth-order valence-electron chi connectivity index (χ4n) is 4.82. The lowest BCUT2D eigenvalue weighted by Crippen LogP contribution is -2.25. The second-order valence-corrected chi connectivity index (χ2v) is 9.65. The summed E-state index contributed by atoms with van der Waals surface area (Å²) >= 11 is 0. The third-order valence-corrected chi connectivity index (χ3v) is 6.65. The molecule has 1 fully saturated rings. The van der Waals surface area contributed by atoms with E-state index in [0.717, 1.165) is 11.6 Å². The van der Waals surface area contributed by atoms with E-state index in [1.54, 1.807) is 30.3 Å². The smallest absolute Gasteiger partial charge is 0.433 e. The number of aliphatic hydroxyl groups is 1. The molecule has 1 aliphatic rings. The number of aliphatic hydroxyl groups excluding tert-OH is 1. The van der Waals surface area contributed by atoms with Crippen molar-refractivity contribution in [3.63, 3.8) is 0 Å². The van der Waals surface area contributed by atoms with Crippen molar-refractivity contribution in [2.24, 2.45) is 0 Å². The molecule has 0 unspecified atom stereocenters. The molecule has 1 aliphatic heterocycles. The summed E-state index contributed by atoms with van der Waals surface area (Å²) in [4.78, 5) is 25.8. The number of anilines is 2. The monoisotopic (exact) mass is 584 g/mol. The number of alkyl halides is 6. The fraction of sp³-hybridized carbons (Fsp3) is 0.370. The molecule has 3 aromatic rings. The van der Waals surface area contributed by atoms with Crippen molar-refractivity contribution in [2.45, 2.75) is 50.7 Å². The number of carboxylic acid groups (broad SMARTS) is 1. The summed E-state index contributed by atoms with van der Waals surface area (Å²) in [5.41, 5.74) is -3.98. The number of aryl methyl sites for hydroxylation is 2. The second kappa shape index (κ2) is 11.8. The number of aromatic nitrogens is 2. The average Bonchev–Trinajstić information content (AvgIpc) is 3.50. The fourth-order valence-corrected chi connectivity index (χ4v) is 4.82. The maximum Gasteiger partial charge on any atom is 0.433 e. The van der Waals surface area contributed by atoms with Crippen LogP contribution in [-0.4, -0.2) is 51.1 Å². The SMILES string of the molecule is O=C(O)Cc1cc(NC(=O)c2cnn(CCCc3ccccc3)c2C(F)(F)F)c(C(F)(F)F)cc1N1CC[C@@H](O)C1. The van der Waals surface area contributed by atoms with Crippen LogP contribution in [0.25, 0.3) is 0 Å². The summed E-state index contributed by atoms with van der Waals surface area (Å²) in [5, 5.41) is 24.7. The number of β-amino-alcohol motifs (C(OH)–C–C–N with tert-alkyl or cyclic N) is 1. The quantitative estimate of drug-likeness (QED) is 0.306. The first kappa shape index (κ1) is 29.9. The molecule has 0 saturated carbocycles. The van der Waals surface area contributed by atoms with E-state index in [-0.39, 0.29) is 43.7 Å². The summed E-state index contributed by atoms with van der Waals surface area (Å²) in [6.45, 7) is -0.0762. The standard InChI is InChI=1S/C27H26F6N4O4/c28-26(29,30)20-13-22(36-10-8-18(38)15-36)17(12-23(39)40)11-21(20)35-25(41)19-14-34-37(24(19)27(31,32)33)9-4-7-16-5-2-1-3-6-16/h1-3,5-6,11,13-14,18,38H,4,7-10,12,15H2,(H,35,41)(H,39,40)/t18-/m1/s1. The van der Waals surface area contributed by atoms with Gasteiger partial charge in [0, 0.05) is 25.3 Å². The molecule has 0 radical (unpaired) electrons. The van der Waals surface area contributed by atoms with Gasteiger partial charge >= 0.3 is 18.3 Å². The number of amides is 1. The highest BCUT2D eigenvalue weighted by Crippen LogP contribution is 2.41. The van der Waals surface area contributed by atoms with Crippen molar-refractivity contribution < 1.29 is 46.1 Å². The zero-order chi connectivity index (χ0) is 29.9. The second-order valence-electron chi connectivity index (χ2n) is 9.65. The lowest BCUT2D eigenvalue weighted by atomic mass is 10.0. The molecule has 2 heterocycles. The van der Waals surface area contributed by atoms with E-state index in [4.69, 9.17) is 0 Å². The van der Waals surface area contributed by atoms with Crippen LogP contribution < -0.4 is 10.2 Å². The third-order valence-electron chi connectivity index (χ3n) is 6.65. The van der Waals surface area contributed by atoms with Crippen LogP contribution in [0.15, 0.2) is 48.7 Å². The minimum absolute atomic E-state index is 0.0337. The van der Waals surface area contributed by atoms with Crippen LogP contribution in [0.2, 0.25) is 0 Å². The maximum absolute atomic E-state index is 14.1. The number of nitrogens with one attached hydrogen (secondary N) is 1. The molecule has 1 saturated heterocycles. The Bertz CT molecular complexity index is 1410. The molecule has 1 amide bonds. The van der Waals surface area contributed by atoms with Gasteiger partial charge in [-0.05, 0) is 42.5 Å². The molecule has 1 aromatic heterocycles. The van der Waals surface area contributed by atoms with E-state index >= 15 is 0 Å². The van der Waals surface area contributed by atoms with E-state index in [1.165, 1.54) is 4.90 Å². The van der Waals surface area contributed by atoms with E-state index in [1.807, 2.05) is 5.32 Å². The Morgan fingerprint density at radius 3 is 2.34 bits per heavy atom. The van der Waals surface area contributed by atoms with Crippen molar-refractivity contribution in [1.82, 2.24) is 9.78 Å². The molecule has 220 valence electrons. The number of rotatable bonds is 9. The van der Waals surface area contributed by atoms with Gasteiger partial charge in [0.05, 0.1) is 35.5 Å². The lowest BCUT2D eigenvalue weighted by Gasteiger charge is -2.25. The first-order valence-electron chi connectivity index (χ1n) is 12.6. The van der Waals surface area contributed by atoms with Gasteiger partial charge in [0.1, 0.15) is 0 Å². The third kappa shape index (κ3) is 7.17. The van der Waals surface area contributed by atoms with Gasteiger partial charge in [-0.3, -0.25) is 14.3 Å². The molecule has 0 spiro atoms. The number of carbonyl (C=O) groups is 2. The van der Waals surface area contributed by atoms with Crippen molar-refractivity contribution >= 4 is 23.3 Å². The summed E-state index contributed by atoms with van der Waals surface area (Å²) in [6, 6.07) is 10.4. The van der Waals surface area contributed by atoms with Crippen molar-refractivity contribution in [3.8, 4) is 0 Å². The zero-order valence-corrected chi connectivity index (χ0v) is 21.5. The molecular formula is C27H26F6N4O4. The van der Waals surface area contributed by atoms with Crippen LogP contribution in [0.5, 0.6) is 0 Å². The van der Waals surface area contributed by atoms with Crippen LogP contribution in [0.1, 0.15) is 45.6 Å². The Balaban J connectivity index is 1.66. The maximum atomic E-state index is 14.1. The molecule has 2 aromatic carbocycles. The minimum Gasteiger partial charge on any atom is -0.481 e. The molecule has 4 rings (SSSR count). The van der Waals surface area contributed by atoms with Gasteiger partial charge in [0.2, 0.25) is 0 Å². The topological polar surface area (TPSA) is 108 Å². The van der Waals surface area contributed by atoms with Gasteiger partial charge in [0.15, 0.2) is 5.69 Å². The van der Waals surface area contributed by atoms with Gasteiger partial charge in [-0.25, -0.2) is 0 Å². The van der Waals surface area contributed by atoms with Gasteiger partial charge in [0.25, 0.3) is 5.91 Å². The zero-order valence-electron chi connectivity index (χ0n) is 21.5. The number of carboxylic acids is 1. The molecule has 14 heteroatoms. The number of benzene rings is 2. The Hall–Kier alpha value is -4.07. The predicted molar refractivity (Wildman–Crippen MR) is 136 cm³/mol. The van der Waals surface area contributed by atoms with Crippen LogP contribution in [0, 0.1) is 0 Å². The van der Waals surface area contributed by atoms with Crippen molar-refractivity contribution in [1.29, 1.82) is 0 Å². The highest BCUT2D eigenvalue weighted by atomic mass is 19.4. The predicted octanol–water partition coefficient (Wildman–Crippen LogP) is 5.00. The number of nitrogens with zero attached hydrogens (tertiary/aromatic N) is 3. The minimum atomic E-state index is -5.05. The number of carbonyl (C=O) groups excluding carboxylic acids is 1. The van der Waals surface area contributed by atoms with Crippen molar-refractivity contribution in [2.75, 3.05) is 23.3 Å². The highest BCUT2D eigenvalue weighted by molar-refractivity contribution is 6.05. The van der Waals surface area contributed by atoms with Gasteiger partial charge in [-0.2, -0.15) is 31.4 Å². The van der Waals surface area contributed by atoms with Gasteiger partial charge in [-0.15, -0.1) is 0 Å². The number of aliphatic carboxylic acids is 1. The number of hydrogen-bond donors (Lipinski definition) is 3. The Kier molecular flexibility index (Phi) is 8.61. The van der Waals surface area contributed by atoms with E-state index in [9.17, 15) is 46.1 Å². The van der Waals surface area contributed by atoms with E-state index < -0.39 is 59.3 Å². The lowest BCUT2D eigenvalue weighted by molar-refractivity contribution is -0.144. The Morgan fingerprint density at radius 1 is 1.05 bits per heavy atom. The Labute approximate surface area is 230 Å². The first-order valence-corrected chi connectivity index (χ1v) is 12.6. The number of hydrogen-bond acceptors (Lipinski definition) is 5. The summed E-state index contributed by atoms with van der Waals surface area (Å²) in [5.74, 6) is -2.86. The first-order chi connectivity index (χ1) is 19.2. The Morgan fingerprint density at radius 2 is 1.76 bits per heavy atom. The summed E-state index contributed by atoms with van der Waals surface area (Å²) in [6.07, 6.45) is -10.1. The van der Waals surface area contributed by atoms with Crippen LogP contribution in [0.4, 0.5) is 37.7 Å². The largest absolute Gasteiger partial charge is 0.481 e.